The molecule has 0 aromatic carbocycles. The lowest BCUT2D eigenvalue weighted by Gasteiger charge is -2.15. The number of carbonyl (C=O) groups excluding carboxylic acids is 3. The van der Waals surface area contributed by atoms with Gasteiger partial charge in [0.1, 0.15) is 6.04 Å². The number of hydrogen-bond acceptors (Lipinski definition) is 18. The third kappa shape index (κ3) is 50.8. The monoisotopic (exact) mass is 932 g/mol. The predicted molar refractivity (Wildman–Crippen MR) is 235 cm³/mol. The molecule has 0 fully saturated rings. The average Bonchev–Trinajstić information content (AvgIpc) is 3.28. The Labute approximate surface area is 382 Å². The molecule has 0 heterocycles. The highest BCUT2D eigenvalue weighted by molar-refractivity contribution is 5.86. The van der Waals surface area contributed by atoms with Crippen LogP contribution in [0.3, 0.4) is 0 Å². The van der Waals surface area contributed by atoms with E-state index in [0.29, 0.717) is 205 Å². The van der Waals surface area contributed by atoms with Gasteiger partial charge in [-0.25, -0.2) is 0 Å². The Morgan fingerprint density at radius 2 is 0.656 bits per heavy atom. The van der Waals surface area contributed by atoms with Crippen LogP contribution in [0.2, 0.25) is 0 Å². The SMILES string of the molecule is CCCCC[C@H](NC(=O)CCOCCOCCOCCOCCOCCOCCOCCOCCOCCOCCNC(=O)CCOCCOCCOCCOCCOCC)C(N)=O. The van der Waals surface area contributed by atoms with Crippen molar-refractivity contribution < 1.29 is 85.4 Å². The average molecular weight is 932 g/mol. The smallest absolute Gasteiger partial charge is 0.239 e. The normalized spacial score (nSPS) is 11.9. The highest BCUT2D eigenvalue weighted by Gasteiger charge is 2.17. The van der Waals surface area contributed by atoms with Gasteiger partial charge in [-0.1, -0.05) is 26.2 Å². The van der Waals surface area contributed by atoms with Crippen LogP contribution in [0.15, 0.2) is 0 Å². The second-order valence-electron chi connectivity index (χ2n) is 13.6. The number of amides is 3. The zero-order chi connectivity index (χ0) is 46.5. The third-order valence-electron chi connectivity index (χ3n) is 8.33. The molecule has 64 heavy (non-hydrogen) atoms. The highest BCUT2D eigenvalue weighted by Crippen LogP contribution is 2.03. The topological polar surface area (TPSA) is 240 Å². The zero-order valence-corrected chi connectivity index (χ0v) is 39.2. The molecule has 0 spiro atoms. The Morgan fingerprint density at radius 3 is 0.953 bits per heavy atom. The van der Waals surface area contributed by atoms with Gasteiger partial charge in [0.05, 0.1) is 192 Å². The summed E-state index contributed by atoms with van der Waals surface area (Å²) < 4.78 is 81.6. The molecule has 0 saturated carbocycles. The van der Waals surface area contributed by atoms with E-state index in [1.165, 1.54) is 0 Å². The van der Waals surface area contributed by atoms with E-state index in [2.05, 4.69) is 17.6 Å². The molecule has 21 heteroatoms. The van der Waals surface area contributed by atoms with Crippen LogP contribution in [-0.4, -0.2) is 229 Å². The van der Waals surface area contributed by atoms with Crippen molar-refractivity contribution in [3.05, 3.63) is 0 Å². The molecule has 0 saturated heterocycles. The lowest BCUT2D eigenvalue weighted by atomic mass is 10.1. The lowest BCUT2D eigenvalue weighted by molar-refractivity contribution is -0.128. The van der Waals surface area contributed by atoms with Gasteiger partial charge >= 0.3 is 0 Å². The van der Waals surface area contributed by atoms with Gasteiger partial charge in [-0.05, 0) is 13.3 Å². The number of unbranched alkanes of at least 4 members (excludes halogenated alkanes) is 2. The fourth-order valence-electron chi connectivity index (χ4n) is 4.94. The van der Waals surface area contributed by atoms with Crippen LogP contribution < -0.4 is 16.4 Å². The maximum Gasteiger partial charge on any atom is 0.239 e. The molecule has 0 rings (SSSR count). The lowest BCUT2D eigenvalue weighted by Crippen LogP contribution is -2.44. The van der Waals surface area contributed by atoms with Gasteiger partial charge in [0, 0.05) is 26.0 Å². The van der Waals surface area contributed by atoms with Crippen molar-refractivity contribution >= 4 is 17.7 Å². The maximum absolute atomic E-state index is 12.0. The summed E-state index contributed by atoms with van der Waals surface area (Å²) in [5, 5.41) is 5.47. The zero-order valence-electron chi connectivity index (χ0n) is 39.2. The number of ether oxygens (including phenoxy) is 15. The molecule has 4 N–H and O–H groups in total. The van der Waals surface area contributed by atoms with E-state index < -0.39 is 11.9 Å². The Bertz CT molecular complexity index is 993. The van der Waals surface area contributed by atoms with Crippen molar-refractivity contribution in [3.8, 4) is 0 Å². The first-order valence-electron chi connectivity index (χ1n) is 23.0. The van der Waals surface area contributed by atoms with Crippen LogP contribution in [-0.2, 0) is 85.4 Å². The van der Waals surface area contributed by atoms with Crippen molar-refractivity contribution in [2.24, 2.45) is 5.73 Å². The van der Waals surface area contributed by atoms with E-state index >= 15 is 0 Å². The first-order chi connectivity index (χ1) is 31.5. The molecular weight excluding hydrogens is 846 g/mol. The quantitative estimate of drug-likeness (QED) is 0.0712. The van der Waals surface area contributed by atoms with Crippen LogP contribution in [0, 0.1) is 0 Å². The standard InChI is InChI=1S/C43H85N3O18/c1-3-5-6-7-40(43(44)49)46-42(48)9-12-52-17-20-56-25-28-59-30-32-61-34-36-63-38-39-64-37-35-62-33-31-60-29-26-57-21-18-53-13-10-45-41(47)8-11-51-16-19-55-24-27-58-23-22-54-15-14-50-4-2/h40H,3-39H2,1-2H3,(H2,44,49)(H,45,47)(H,46,48)/t40-/m0/s1. The Balaban J connectivity index is 3.22. The van der Waals surface area contributed by atoms with Crippen molar-refractivity contribution in [1.29, 1.82) is 0 Å². The Hall–Kier alpha value is -2.19. The fourth-order valence-corrected chi connectivity index (χ4v) is 4.94. The molecule has 1 atom stereocenters. The minimum Gasteiger partial charge on any atom is -0.379 e. The first-order valence-corrected chi connectivity index (χ1v) is 23.0. The van der Waals surface area contributed by atoms with E-state index in [0.717, 1.165) is 19.3 Å². The van der Waals surface area contributed by atoms with Gasteiger partial charge in [-0.2, -0.15) is 0 Å². The molecule has 0 aromatic rings. The largest absolute Gasteiger partial charge is 0.379 e. The molecular formula is C43H85N3O18. The summed E-state index contributed by atoms with van der Waals surface area (Å²) in [6.45, 7) is 18.1. The minimum atomic E-state index is -0.633. The molecule has 0 aromatic heterocycles. The second-order valence-corrected chi connectivity index (χ2v) is 13.6. The second kappa shape index (κ2) is 53.4. The van der Waals surface area contributed by atoms with Gasteiger partial charge in [-0.15, -0.1) is 0 Å². The molecule has 0 bridgehead atoms. The summed E-state index contributed by atoms with van der Waals surface area (Å²) >= 11 is 0. The summed E-state index contributed by atoms with van der Waals surface area (Å²) in [6.07, 6.45) is 3.85. The molecule has 0 aliphatic rings. The van der Waals surface area contributed by atoms with Crippen molar-refractivity contribution in [2.75, 3.05) is 205 Å². The molecule has 21 nitrogen and oxygen atoms in total. The van der Waals surface area contributed by atoms with Crippen LogP contribution in [0.4, 0.5) is 0 Å². The number of rotatable bonds is 55. The number of nitrogens with two attached hydrogens (primary N) is 1. The molecule has 0 aliphatic heterocycles. The van der Waals surface area contributed by atoms with Crippen LogP contribution in [0.5, 0.6) is 0 Å². The van der Waals surface area contributed by atoms with Crippen LogP contribution >= 0.6 is 0 Å². The first kappa shape index (κ1) is 61.8. The van der Waals surface area contributed by atoms with Gasteiger partial charge < -0.3 is 87.4 Å². The molecule has 0 aliphatic carbocycles. The highest BCUT2D eigenvalue weighted by atomic mass is 16.6. The molecule has 3 amide bonds. The molecule has 0 radical (unpaired) electrons. The van der Waals surface area contributed by atoms with E-state index in [-0.39, 0.29) is 31.3 Å². The van der Waals surface area contributed by atoms with Gasteiger partial charge in [-0.3, -0.25) is 14.4 Å². The number of primary amides is 1. The maximum atomic E-state index is 12.0. The van der Waals surface area contributed by atoms with Crippen LogP contribution in [0.1, 0.15) is 52.4 Å². The Morgan fingerprint density at radius 1 is 0.375 bits per heavy atom. The van der Waals surface area contributed by atoms with Crippen molar-refractivity contribution in [2.45, 2.75) is 58.4 Å². The fraction of sp³-hybridized carbons (Fsp3) is 0.930. The third-order valence-corrected chi connectivity index (χ3v) is 8.33. The van der Waals surface area contributed by atoms with E-state index in [1.54, 1.807) is 0 Å². The van der Waals surface area contributed by atoms with E-state index in [1.807, 2.05) is 6.92 Å². The van der Waals surface area contributed by atoms with Crippen molar-refractivity contribution in [3.63, 3.8) is 0 Å². The summed E-state index contributed by atoms with van der Waals surface area (Å²) in [5.74, 6) is -0.861. The van der Waals surface area contributed by atoms with Gasteiger partial charge in [0.2, 0.25) is 17.7 Å². The van der Waals surface area contributed by atoms with E-state index in [9.17, 15) is 14.4 Å². The molecule has 0 unspecified atom stereocenters. The number of hydrogen-bond donors (Lipinski definition) is 3. The predicted octanol–water partition coefficient (Wildman–Crippen LogP) is 0.702. The van der Waals surface area contributed by atoms with Crippen molar-refractivity contribution in [1.82, 2.24) is 10.6 Å². The van der Waals surface area contributed by atoms with E-state index in [4.69, 9.17) is 76.8 Å². The minimum absolute atomic E-state index is 0.0928. The number of carbonyl (C=O) groups is 3. The summed E-state index contributed by atoms with van der Waals surface area (Å²) in [7, 11) is 0. The summed E-state index contributed by atoms with van der Waals surface area (Å²) in [6, 6.07) is -0.633. The Kier molecular flexibility index (Phi) is 51.6. The van der Waals surface area contributed by atoms with Gasteiger partial charge in [0.15, 0.2) is 0 Å². The van der Waals surface area contributed by atoms with Crippen LogP contribution in [0.25, 0.3) is 0 Å². The summed E-state index contributed by atoms with van der Waals surface area (Å²) in [4.78, 5) is 35.4. The van der Waals surface area contributed by atoms with Gasteiger partial charge in [0.25, 0.3) is 0 Å². The molecule has 380 valence electrons. The number of nitrogens with one attached hydrogen (secondary N) is 2. The summed E-state index contributed by atoms with van der Waals surface area (Å²) in [5.41, 5.74) is 5.38.